The van der Waals surface area contributed by atoms with E-state index in [1.165, 1.54) is 17.7 Å². The zero-order valence-electron chi connectivity index (χ0n) is 19.8. The SMILES string of the molecule is CC(C)n1cnc([C@@H]2CN(Cc3ccccc3)c3ccc(C(=O)N4CCCC[C@@H]4C)cc32)n1. The molecule has 0 N–H and O–H groups in total. The average Bonchev–Trinajstić information content (AvgIpc) is 3.45. The molecule has 2 aromatic carbocycles. The third kappa shape index (κ3) is 4.26. The minimum Gasteiger partial charge on any atom is -0.366 e. The summed E-state index contributed by atoms with van der Waals surface area (Å²) in [6, 6.07) is 17.3. The zero-order valence-corrected chi connectivity index (χ0v) is 19.8. The number of rotatable bonds is 5. The van der Waals surface area contributed by atoms with Gasteiger partial charge in [-0.1, -0.05) is 30.3 Å². The number of fused-ring (bicyclic) bond motifs is 1. The Morgan fingerprint density at radius 3 is 2.67 bits per heavy atom. The topological polar surface area (TPSA) is 54.3 Å². The molecular formula is C27H33N5O. The summed E-state index contributed by atoms with van der Waals surface area (Å²) in [4.78, 5) is 22.5. The Hall–Kier alpha value is -3.15. The summed E-state index contributed by atoms with van der Waals surface area (Å²) < 4.78 is 1.92. The lowest BCUT2D eigenvalue weighted by atomic mass is 9.97. The van der Waals surface area contributed by atoms with E-state index in [0.29, 0.717) is 6.04 Å². The van der Waals surface area contributed by atoms with Gasteiger partial charge < -0.3 is 9.80 Å². The average molecular weight is 444 g/mol. The van der Waals surface area contributed by atoms with E-state index >= 15 is 0 Å². The van der Waals surface area contributed by atoms with E-state index in [1.807, 2.05) is 28.0 Å². The summed E-state index contributed by atoms with van der Waals surface area (Å²) in [5.74, 6) is 1.03. The molecule has 2 atom stereocenters. The number of hydrogen-bond donors (Lipinski definition) is 0. The van der Waals surface area contributed by atoms with Crippen LogP contribution in [-0.4, -0.2) is 44.7 Å². The Balaban J connectivity index is 1.50. The lowest BCUT2D eigenvalue weighted by molar-refractivity contribution is 0.0635. The van der Waals surface area contributed by atoms with Crippen molar-refractivity contribution in [3.8, 4) is 0 Å². The minimum atomic E-state index is 0.0511. The van der Waals surface area contributed by atoms with E-state index < -0.39 is 0 Å². The van der Waals surface area contributed by atoms with Gasteiger partial charge in [0.1, 0.15) is 6.33 Å². The number of hydrogen-bond acceptors (Lipinski definition) is 4. The molecule has 1 aromatic heterocycles. The maximum atomic E-state index is 13.4. The molecule has 3 aromatic rings. The number of aromatic nitrogens is 3. The third-order valence-electron chi connectivity index (χ3n) is 7.04. The van der Waals surface area contributed by atoms with Gasteiger partial charge in [0.25, 0.3) is 5.91 Å². The van der Waals surface area contributed by atoms with Crippen LogP contribution in [0.3, 0.4) is 0 Å². The van der Waals surface area contributed by atoms with Crippen LogP contribution in [-0.2, 0) is 6.54 Å². The summed E-state index contributed by atoms with van der Waals surface area (Å²) in [5, 5.41) is 4.79. The molecule has 5 rings (SSSR count). The molecule has 2 aliphatic heterocycles. The maximum absolute atomic E-state index is 13.4. The van der Waals surface area contributed by atoms with Crippen molar-refractivity contribution in [1.29, 1.82) is 0 Å². The van der Waals surface area contributed by atoms with Crippen molar-refractivity contribution in [1.82, 2.24) is 19.7 Å². The van der Waals surface area contributed by atoms with Gasteiger partial charge in [0.05, 0.1) is 5.92 Å². The first kappa shape index (κ1) is 21.7. The summed E-state index contributed by atoms with van der Waals surface area (Å²) in [6.45, 7) is 8.87. The summed E-state index contributed by atoms with van der Waals surface area (Å²) in [6.07, 6.45) is 5.20. The first-order valence-electron chi connectivity index (χ1n) is 12.2. The van der Waals surface area contributed by atoms with E-state index in [1.54, 1.807) is 0 Å². The van der Waals surface area contributed by atoms with Crippen LogP contribution in [0.5, 0.6) is 0 Å². The lowest BCUT2D eigenvalue weighted by Gasteiger charge is -2.33. The van der Waals surface area contributed by atoms with E-state index in [2.05, 4.69) is 67.1 Å². The van der Waals surface area contributed by atoms with Gasteiger partial charge >= 0.3 is 0 Å². The van der Waals surface area contributed by atoms with Crippen LogP contribution >= 0.6 is 0 Å². The highest BCUT2D eigenvalue weighted by atomic mass is 16.2. The first-order chi connectivity index (χ1) is 16.0. The van der Waals surface area contributed by atoms with Gasteiger partial charge in [-0.2, -0.15) is 5.10 Å². The summed E-state index contributed by atoms with van der Waals surface area (Å²) >= 11 is 0. The van der Waals surface area contributed by atoms with Crippen LogP contribution in [0.2, 0.25) is 0 Å². The molecule has 0 bridgehead atoms. The monoisotopic (exact) mass is 443 g/mol. The molecule has 1 fully saturated rings. The predicted octanol–water partition coefficient (Wildman–Crippen LogP) is 5.03. The summed E-state index contributed by atoms with van der Waals surface area (Å²) in [7, 11) is 0. The fourth-order valence-electron chi connectivity index (χ4n) is 5.11. The van der Waals surface area contributed by atoms with Crippen molar-refractivity contribution >= 4 is 11.6 Å². The second kappa shape index (κ2) is 9.00. The minimum absolute atomic E-state index is 0.0511. The number of likely N-dealkylation sites (tertiary alicyclic amines) is 1. The van der Waals surface area contributed by atoms with Gasteiger partial charge in [0, 0.05) is 43.0 Å². The highest BCUT2D eigenvalue weighted by molar-refractivity contribution is 5.95. The second-order valence-electron chi connectivity index (χ2n) is 9.71. The molecule has 0 saturated carbocycles. The first-order valence-corrected chi connectivity index (χ1v) is 12.2. The Morgan fingerprint density at radius 2 is 1.94 bits per heavy atom. The number of benzene rings is 2. The van der Waals surface area contributed by atoms with Crippen LogP contribution in [0, 0.1) is 0 Å². The molecule has 6 heteroatoms. The highest BCUT2D eigenvalue weighted by Crippen LogP contribution is 2.40. The highest BCUT2D eigenvalue weighted by Gasteiger charge is 2.34. The Kier molecular flexibility index (Phi) is 5.92. The normalized spacial score (nSPS) is 20.4. The predicted molar refractivity (Wildman–Crippen MR) is 131 cm³/mol. The molecule has 1 amide bonds. The van der Waals surface area contributed by atoms with Crippen LogP contribution in [0.4, 0.5) is 5.69 Å². The Labute approximate surface area is 196 Å². The Morgan fingerprint density at radius 1 is 1.12 bits per heavy atom. The molecule has 0 radical (unpaired) electrons. The zero-order chi connectivity index (χ0) is 22.9. The van der Waals surface area contributed by atoms with Crippen molar-refractivity contribution in [2.24, 2.45) is 0 Å². The van der Waals surface area contributed by atoms with Crippen LogP contribution < -0.4 is 4.90 Å². The van der Waals surface area contributed by atoms with Crippen LogP contribution in [0.1, 0.15) is 79.3 Å². The van der Waals surface area contributed by atoms with Crippen molar-refractivity contribution in [3.05, 3.63) is 77.4 Å². The standard InChI is InChI=1S/C27H33N5O/c1-19(2)32-18-28-26(29-32)24-17-30(16-21-10-5-4-6-11-21)25-13-12-22(15-23(24)25)27(33)31-14-8-7-9-20(31)3/h4-6,10-13,15,18-20,24H,7-9,14,16-17H2,1-3H3/t20-,24+/m0/s1. The fraction of sp³-hybridized carbons (Fsp3) is 0.444. The molecular weight excluding hydrogens is 410 g/mol. The molecule has 6 nitrogen and oxygen atoms in total. The molecule has 172 valence electrons. The number of carbonyl (C=O) groups excluding carboxylic acids is 1. The smallest absolute Gasteiger partial charge is 0.254 e. The van der Waals surface area contributed by atoms with Gasteiger partial charge in [-0.3, -0.25) is 9.48 Å². The number of carbonyl (C=O) groups is 1. The maximum Gasteiger partial charge on any atom is 0.254 e. The van der Waals surface area contributed by atoms with Crippen LogP contribution in [0.15, 0.2) is 54.9 Å². The second-order valence-corrected chi connectivity index (χ2v) is 9.71. The largest absolute Gasteiger partial charge is 0.366 e. The van der Waals surface area contributed by atoms with Gasteiger partial charge in [-0.25, -0.2) is 4.98 Å². The molecule has 0 aliphatic carbocycles. The number of nitrogens with zero attached hydrogens (tertiary/aromatic N) is 5. The van der Waals surface area contributed by atoms with Gasteiger partial charge in [-0.05, 0) is 69.4 Å². The molecule has 33 heavy (non-hydrogen) atoms. The molecule has 3 heterocycles. The Bertz CT molecular complexity index is 1120. The molecule has 1 saturated heterocycles. The van der Waals surface area contributed by atoms with Gasteiger partial charge in [-0.15, -0.1) is 0 Å². The van der Waals surface area contributed by atoms with Crippen molar-refractivity contribution in [2.75, 3.05) is 18.0 Å². The molecule has 2 aliphatic rings. The number of amides is 1. The van der Waals surface area contributed by atoms with Gasteiger partial charge in [0.15, 0.2) is 5.82 Å². The quantitative estimate of drug-likeness (QED) is 0.555. The van der Waals surface area contributed by atoms with Crippen molar-refractivity contribution < 1.29 is 4.79 Å². The van der Waals surface area contributed by atoms with Crippen molar-refractivity contribution in [2.45, 2.75) is 64.6 Å². The van der Waals surface area contributed by atoms with Gasteiger partial charge in [0.2, 0.25) is 0 Å². The fourth-order valence-corrected chi connectivity index (χ4v) is 5.11. The summed E-state index contributed by atoms with van der Waals surface area (Å²) in [5.41, 5.74) is 4.38. The van der Waals surface area contributed by atoms with E-state index in [9.17, 15) is 4.79 Å². The van der Waals surface area contributed by atoms with E-state index in [0.717, 1.165) is 49.4 Å². The molecule has 0 spiro atoms. The lowest BCUT2D eigenvalue weighted by Crippen LogP contribution is -2.42. The van der Waals surface area contributed by atoms with E-state index in [-0.39, 0.29) is 17.9 Å². The van der Waals surface area contributed by atoms with E-state index in [4.69, 9.17) is 5.10 Å². The van der Waals surface area contributed by atoms with Crippen molar-refractivity contribution in [3.63, 3.8) is 0 Å². The third-order valence-corrected chi connectivity index (χ3v) is 7.04. The number of anilines is 1. The number of piperidine rings is 1. The molecule has 0 unspecified atom stereocenters. The van der Waals surface area contributed by atoms with Crippen LogP contribution in [0.25, 0.3) is 0 Å².